The van der Waals surface area contributed by atoms with Gasteiger partial charge in [0.2, 0.25) is 0 Å². The molecule has 0 fully saturated rings. The summed E-state index contributed by atoms with van der Waals surface area (Å²) < 4.78 is 10.1. The van der Waals surface area contributed by atoms with E-state index in [0.29, 0.717) is 5.75 Å². The van der Waals surface area contributed by atoms with Crippen LogP contribution in [0.3, 0.4) is 0 Å². The molecule has 2 aromatic carbocycles. The molecule has 1 amide bonds. The maximum absolute atomic E-state index is 12.1. The number of nitrogens with one attached hydrogen (secondary N) is 1. The van der Waals surface area contributed by atoms with Gasteiger partial charge in [0.05, 0.1) is 17.6 Å². The molecule has 0 saturated heterocycles. The smallest absolute Gasteiger partial charge is 0.339 e. The molecule has 0 aliphatic heterocycles. The summed E-state index contributed by atoms with van der Waals surface area (Å²) in [7, 11) is 1.56. The Hall–Kier alpha value is -3.13. The Labute approximate surface area is 160 Å². The number of ether oxygens (including phenoxy) is 2. The zero-order chi connectivity index (χ0) is 20.0. The predicted octanol–water partition coefficient (Wildman–Crippen LogP) is 3.12. The van der Waals surface area contributed by atoms with Crippen molar-refractivity contribution in [3.8, 4) is 5.75 Å². The number of hydrogen-bond acceptors (Lipinski definition) is 6. The highest BCUT2D eigenvalue weighted by atomic mass is 35.5. The number of methoxy groups -OCH3 is 1. The van der Waals surface area contributed by atoms with Crippen LogP contribution in [0, 0.1) is 10.1 Å². The van der Waals surface area contributed by atoms with E-state index < -0.39 is 28.6 Å². The van der Waals surface area contributed by atoms with Crippen molar-refractivity contribution in [3.05, 3.63) is 68.7 Å². The van der Waals surface area contributed by atoms with Crippen LogP contribution in [0.2, 0.25) is 5.02 Å². The summed E-state index contributed by atoms with van der Waals surface area (Å²) in [5.41, 5.74) is 0.361. The first-order chi connectivity index (χ1) is 12.8. The monoisotopic (exact) mass is 392 g/mol. The molecule has 0 heterocycles. The van der Waals surface area contributed by atoms with Crippen LogP contribution in [-0.2, 0) is 16.1 Å². The molecular formula is C18H17ClN2O6. The van der Waals surface area contributed by atoms with Gasteiger partial charge in [0.25, 0.3) is 11.6 Å². The van der Waals surface area contributed by atoms with Crippen LogP contribution in [0.25, 0.3) is 0 Å². The Balaban J connectivity index is 1.94. The van der Waals surface area contributed by atoms with E-state index in [-0.39, 0.29) is 17.1 Å². The molecule has 2 rings (SSSR count). The SMILES string of the molecule is COc1ccc(CNC(=O)C(C)OC(=O)c2ccc(Cl)c([N+](=O)[O-])c2)cc1. The highest BCUT2D eigenvalue weighted by molar-refractivity contribution is 6.32. The summed E-state index contributed by atoms with van der Waals surface area (Å²) >= 11 is 5.70. The first kappa shape index (κ1) is 20.2. The van der Waals surface area contributed by atoms with Gasteiger partial charge in [-0.25, -0.2) is 4.79 Å². The topological polar surface area (TPSA) is 108 Å². The third-order valence-electron chi connectivity index (χ3n) is 3.66. The van der Waals surface area contributed by atoms with Crippen LogP contribution in [0.1, 0.15) is 22.8 Å². The van der Waals surface area contributed by atoms with Crippen molar-refractivity contribution in [2.45, 2.75) is 19.6 Å². The quantitative estimate of drug-likeness (QED) is 0.440. The Bertz CT molecular complexity index is 853. The fourth-order valence-corrected chi connectivity index (χ4v) is 2.32. The molecule has 0 saturated carbocycles. The number of amides is 1. The van der Waals surface area contributed by atoms with Crippen molar-refractivity contribution in [2.75, 3.05) is 7.11 Å². The van der Waals surface area contributed by atoms with Crippen molar-refractivity contribution in [1.29, 1.82) is 0 Å². The predicted molar refractivity (Wildman–Crippen MR) is 97.8 cm³/mol. The Morgan fingerprint density at radius 2 is 1.89 bits per heavy atom. The van der Waals surface area contributed by atoms with Crippen molar-refractivity contribution in [2.24, 2.45) is 0 Å². The number of benzene rings is 2. The fraction of sp³-hybridized carbons (Fsp3) is 0.222. The number of hydrogen-bond donors (Lipinski definition) is 1. The van der Waals surface area contributed by atoms with Gasteiger partial charge in [-0.05, 0) is 36.8 Å². The van der Waals surface area contributed by atoms with Crippen LogP contribution >= 0.6 is 11.6 Å². The summed E-state index contributed by atoms with van der Waals surface area (Å²) in [5.74, 6) is -0.658. The lowest BCUT2D eigenvalue weighted by atomic mass is 10.2. The Morgan fingerprint density at radius 1 is 1.22 bits per heavy atom. The molecule has 0 bridgehead atoms. The van der Waals surface area contributed by atoms with Gasteiger partial charge in [-0.2, -0.15) is 0 Å². The number of esters is 1. The van der Waals surface area contributed by atoms with Crippen LogP contribution in [0.5, 0.6) is 5.75 Å². The average molecular weight is 393 g/mol. The number of nitro groups is 1. The average Bonchev–Trinajstić information content (AvgIpc) is 2.66. The summed E-state index contributed by atoms with van der Waals surface area (Å²) in [6, 6.07) is 10.6. The zero-order valence-electron chi connectivity index (χ0n) is 14.6. The third-order valence-corrected chi connectivity index (χ3v) is 3.98. The number of carbonyl (C=O) groups is 2. The summed E-state index contributed by atoms with van der Waals surface area (Å²) in [4.78, 5) is 34.4. The van der Waals surface area contributed by atoms with E-state index in [1.165, 1.54) is 19.1 Å². The molecule has 1 N–H and O–H groups in total. The van der Waals surface area contributed by atoms with E-state index in [9.17, 15) is 19.7 Å². The molecule has 0 aliphatic carbocycles. The normalized spacial score (nSPS) is 11.4. The molecule has 0 radical (unpaired) electrons. The summed E-state index contributed by atoms with van der Waals surface area (Å²) in [5, 5.41) is 13.4. The second kappa shape index (κ2) is 9.00. The lowest BCUT2D eigenvalue weighted by Gasteiger charge is -2.14. The maximum Gasteiger partial charge on any atom is 0.339 e. The molecule has 0 spiro atoms. The van der Waals surface area contributed by atoms with Gasteiger partial charge in [-0.3, -0.25) is 14.9 Å². The minimum atomic E-state index is -1.08. The van der Waals surface area contributed by atoms with Crippen LogP contribution < -0.4 is 10.1 Å². The van der Waals surface area contributed by atoms with Crippen LogP contribution in [0.15, 0.2) is 42.5 Å². The Morgan fingerprint density at radius 3 is 2.48 bits per heavy atom. The molecule has 0 aliphatic rings. The standard InChI is InChI=1S/C18H17ClN2O6/c1-11(17(22)20-10-12-3-6-14(26-2)7-4-12)27-18(23)13-5-8-15(19)16(9-13)21(24)25/h3-9,11H,10H2,1-2H3,(H,20,22). The Kier molecular flexibility index (Phi) is 6.73. The number of halogens is 1. The second-order valence-corrected chi connectivity index (χ2v) is 5.94. The van der Waals surface area contributed by atoms with E-state index >= 15 is 0 Å². The van der Waals surface area contributed by atoms with Crippen LogP contribution in [0.4, 0.5) is 5.69 Å². The van der Waals surface area contributed by atoms with Gasteiger partial charge in [0.1, 0.15) is 10.8 Å². The number of nitro benzene ring substituents is 1. The van der Waals surface area contributed by atoms with Gasteiger partial charge in [-0.1, -0.05) is 23.7 Å². The first-order valence-electron chi connectivity index (χ1n) is 7.87. The highest BCUT2D eigenvalue weighted by Crippen LogP contribution is 2.25. The van der Waals surface area contributed by atoms with Crippen molar-refractivity contribution >= 4 is 29.2 Å². The lowest BCUT2D eigenvalue weighted by molar-refractivity contribution is -0.384. The minimum Gasteiger partial charge on any atom is -0.497 e. The summed E-state index contributed by atoms with van der Waals surface area (Å²) in [6.45, 7) is 1.66. The van der Waals surface area contributed by atoms with E-state index in [0.717, 1.165) is 11.6 Å². The van der Waals surface area contributed by atoms with Gasteiger partial charge < -0.3 is 14.8 Å². The van der Waals surface area contributed by atoms with E-state index in [1.807, 2.05) is 0 Å². The fourth-order valence-electron chi connectivity index (χ4n) is 2.14. The molecule has 8 nitrogen and oxygen atoms in total. The van der Waals surface area contributed by atoms with Gasteiger partial charge in [0, 0.05) is 12.6 Å². The molecule has 2 aromatic rings. The number of nitrogens with zero attached hydrogens (tertiary/aromatic N) is 1. The zero-order valence-corrected chi connectivity index (χ0v) is 15.4. The van der Waals surface area contributed by atoms with Crippen molar-refractivity contribution in [1.82, 2.24) is 5.32 Å². The van der Waals surface area contributed by atoms with E-state index in [1.54, 1.807) is 31.4 Å². The maximum atomic E-state index is 12.1. The minimum absolute atomic E-state index is 0.0686. The number of rotatable bonds is 7. The molecule has 27 heavy (non-hydrogen) atoms. The molecule has 0 aromatic heterocycles. The molecule has 142 valence electrons. The summed E-state index contributed by atoms with van der Waals surface area (Å²) in [6.07, 6.45) is -1.08. The molecule has 9 heteroatoms. The molecule has 1 atom stereocenters. The molecular weight excluding hydrogens is 376 g/mol. The van der Waals surface area contributed by atoms with Crippen molar-refractivity contribution in [3.63, 3.8) is 0 Å². The van der Waals surface area contributed by atoms with Gasteiger partial charge in [0.15, 0.2) is 6.10 Å². The lowest BCUT2D eigenvalue weighted by Crippen LogP contribution is -2.35. The first-order valence-corrected chi connectivity index (χ1v) is 8.25. The molecule has 1 unspecified atom stereocenters. The van der Waals surface area contributed by atoms with E-state index in [2.05, 4.69) is 5.32 Å². The van der Waals surface area contributed by atoms with E-state index in [4.69, 9.17) is 21.1 Å². The number of carbonyl (C=O) groups excluding carboxylic acids is 2. The van der Waals surface area contributed by atoms with Crippen LogP contribution in [-0.4, -0.2) is 30.0 Å². The largest absolute Gasteiger partial charge is 0.497 e. The van der Waals surface area contributed by atoms with Crippen molar-refractivity contribution < 1.29 is 24.0 Å². The third kappa shape index (κ3) is 5.42. The van der Waals surface area contributed by atoms with Gasteiger partial charge in [-0.15, -0.1) is 0 Å². The second-order valence-electron chi connectivity index (χ2n) is 5.54. The highest BCUT2D eigenvalue weighted by Gasteiger charge is 2.21. The van der Waals surface area contributed by atoms with Gasteiger partial charge >= 0.3 is 5.97 Å².